The molecule has 1 aliphatic heterocycles. The topological polar surface area (TPSA) is 51.2 Å². The summed E-state index contributed by atoms with van der Waals surface area (Å²) in [5.74, 6) is -0.0503. The van der Waals surface area contributed by atoms with Crippen LogP contribution in [-0.4, -0.2) is 31.2 Å². The molecule has 0 aromatic carbocycles. The summed E-state index contributed by atoms with van der Waals surface area (Å²) in [6, 6.07) is 4.01. The summed E-state index contributed by atoms with van der Waals surface area (Å²) < 4.78 is 4.81. The van der Waals surface area contributed by atoms with Crippen molar-refractivity contribution >= 4 is 5.97 Å². The quantitative estimate of drug-likeness (QED) is 0.751. The number of carbonyl (C=O) groups excluding carboxylic acids is 1. The Morgan fingerprint density at radius 2 is 2.31 bits per heavy atom. The van der Waals surface area contributed by atoms with Crippen LogP contribution in [0.5, 0.6) is 0 Å². The smallest absolute Gasteiger partial charge is 0.310 e. The highest BCUT2D eigenvalue weighted by Gasteiger charge is 2.34. The molecule has 2 atom stereocenters. The zero-order valence-electron chi connectivity index (χ0n) is 9.56. The van der Waals surface area contributed by atoms with E-state index in [4.69, 9.17) is 4.74 Å². The van der Waals surface area contributed by atoms with Gasteiger partial charge in [-0.15, -0.1) is 0 Å². The second-order valence-corrected chi connectivity index (χ2v) is 4.13. The number of aromatic nitrogens is 1. The third kappa shape index (κ3) is 2.07. The van der Waals surface area contributed by atoms with Gasteiger partial charge in [-0.25, -0.2) is 0 Å². The lowest BCUT2D eigenvalue weighted by Gasteiger charge is -2.16. The molecule has 0 radical (unpaired) electrons. The van der Waals surface area contributed by atoms with Gasteiger partial charge in [-0.2, -0.15) is 0 Å². The van der Waals surface area contributed by atoms with E-state index in [0.717, 1.165) is 17.8 Å². The average molecular weight is 220 g/mol. The van der Waals surface area contributed by atoms with Gasteiger partial charge in [0, 0.05) is 30.9 Å². The first-order chi connectivity index (χ1) is 7.72. The molecule has 0 bridgehead atoms. The van der Waals surface area contributed by atoms with E-state index in [0.29, 0.717) is 6.54 Å². The lowest BCUT2D eigenvalue weighted by molar-refractivity contribution is -0.145. The number of esters is 1. The molecule has 86 valence electrons. The number of nitrogens with one attached hydrogen (secondary N) is 1. The Hall–Kier alpha value is -1.42. The molecule has 2 heterocycles. The van der Waals surface area contributed by atoms with Gasteiger partial charge in [0.25, 0.3) is 0 Å². The number of rotatable bonds is 2. The Morgan fingerprint density at radius 3 is 2.94 bits per heavy atom. The van der Waals surface area contributed by atoms with E-state index in [2.05, 4.69) is 10.3 Å². The van der Waals surface area contributed by atoms with Gasteiger partial charge in [0.05, 0.1) is 13.0 Å². The first-order valence-corrected chi connectivity index (χ1v) is 5.43. The summed E-state index contributed by atoms with van der Waals surface area (Å²) in [7, 11) is 1.44. The van der Waals surface area contributed by atoms with Crippen LogP contribution in [0, 0.1) is 12.8 Å². The van der Waals surface area contributed by atoms with E-state index in [-0.39, 0.29) is 17.8 Å². The van der Waals surface area contributed by atoms with Crippen LogP contribution in [-0.2, 0) is 9.53 Å². The van der Waals surface area contributed by atoms with Crippen LogP contribution in [0.2, 0.25) is 0 Å². The molecule has 4 nitrogen and oxygen atoms in total. The molecule has 0 saturated carbocycles. The third-order valence-corrected chi connectivity index (χ3v) is 3.08. The fraction of sp³-hybridized carbons (Fsp3) is 0.500. The number of carbonyl (C=O) groups is 1. The number of hydrogen-bond acceptors (Lipinski definition) is 4. The highest BCUT2D eigenvalue weighted by atomic mass is 16.5. The van der Waals surface area contributed by atoms with E-state index < -0.39 is 0 Å². The first-order valence-electron chi connectivity index (χ1n) is 5.43. The van der Waals surface area contributed by atoms with Crippen molar-refractivity contribution in [3.63, 3.8) is 0 Å². The van der Waals surface area contributed by atoms with Gasteiger partial charge in [-0.1, -0.05) is 6.07 Å². The first kappa shape index (κ1) is 11.1. The molecule has 4 heteroatoms. The summed E-state index contributed by atoms with van der Waals surface area (Å²) in [6.07, 6.45) is 1.85. The molecule has 2 unspecified atom stereocenters. The highest BCUT2D eigenvalue weighted by Crippen LogP contribution is 2.28. The van der Waals surface area contributed by atoms with Gasteiger partial charge < -0.3 is 10.1 Å². The summed E-state index contributed by atoms with van der Waals surface area (Å²) >= 11 is 0. The normalized spacial score (nSPS) is 24.4. The molecule has 1 aromatic heterocycles. The number of aryl methyl sites for hydroxylation is 1. The van der Waals surface area contributed by atoms with Crippen LogP contribution in [0.3, 0.4) is 0 Å². The van der Waals surface area contributed by atoms with E-state index in [1.54, 1.807) is 0 Å². The molecule has 1 saturated heterocycles. The zero-order chi connectivity index (χ0) is 11.5. The highest BCUT2D eigenvalue weighted by molar-refractivity contribution is 5.74. The summed E-state index contributed by atoms with van der Waals surface area (Å²) in [5.41, 5.74) is 2.09. The van der Waals surface area contributed by atoms with Gasteiger partial charge in [0.15, 0.2) is 0 Å². The Balaban J connectivity index is 2.19. The predicted octanol–water partition coefficient (Wildman–Crippen LogP) is 0.866. The SMILES string of the molecule is COC(=O)C1CNCC1c1ccc(C)nc1. The number of pyridine rings is 1. The second-order valence-electron chi connectivity index (χ2n) is 4.13. The maximum Gasteiger partial charge on any atom is 0.310 e. The summed E-state index contributed by atoms with van der Waals surface area (Å²) in [4.78, 5) is 15.8. The lowest BCUT2D eigenvalue weighted by atomic mass is 9.90. The molecule has 1 N–H and O–H groups in total. The minimum absolute atomic E-state index is 0.0884. The van der Waals surface area contributed by atoms with Crippen molar-refractivity contribution in [3.05, 3.63) is 29.6 Å². The summed E-state index contributed by atoms with van der Waals surface area (Å²) in [5, 5.41) is 3.22. The van der Waals surface area contributed by atoms with Crippen LogP contribution < -0.4 is 5.32 Å². The van der Waals surface area contributed by atoms with Gasteiger partial charge in [0.2, 0.25) is 0 Å². The van der Waals surface area contributed by atoms with Crippen molar-refractivity contribution in [2.24, 2.45) is 5.92 Å². The maximum atomic E-state index is 11.6. The average Bonchev–Trinajstić information content (AvgIpc) is 2.78. The number of hydrogen-bond donors (Lipinski definition) is 1. The van der Waals surface area contributed by atoms with Crippen molar-refractivity contribution in [2.75, 3.05) is 20.2 Å². The van der Waals surface area contributed by atoms with Gasteiger partial charge in [-0.05, 0) is 18.6 Å². The van der Waals surface area contributed by atoms with Gasteiger partial charge >= 0.3 is 5.97 Å². The van der Waals surface area contributed by atoms with Crippen LogP contribution in [0.25, 0.3) is 0 Å². The largest absolute Gasteiger partial charge is 0.469 e. The van der Waals surface area contributed by atoms with Gasteiger partial charge in [0.1, 0.15) is 0 Å². The number of ether oxygens (including phenoxy) is 1. The van der Waals surface area contributed by atoms with Crippen LogP contribution in [0.4, 0.5) is 0 Å². The van der Waals surface area contributed by atoms with Crippen molar-refractivity contribution in [1.82, 2.24) is 10.3 Å². The second kappa shape index (κ2) is 4.61. The van der Waals surface area contributed by atoms with E-state index in [1.165, 1.54) is 7.11 Å². The molecular formula is C12H16N2O2. The number of nitrogens with zero attached hydrogens (tertiary/aromatic N) is 1. The van der Waals surface area contributed by atoms with E-state index in [1.807, 2.05) is 25.3 Å². The number of methoxy groups -OCH3 is 1. The minimum atomic E-state index is -0.143. The Bertz CT molecular complexity index is 375. The van der Waals surface area contributed by atoms with Crippen LogP contribution in [0.1, 0.15) is 17.2 Å². The predicted molar refractivity (Wildman–Crippen MR) is 60.1 cm³/mol. The van der Waals surface area contributed by atoms with Crippen molar-refractivity contribution in [2.45, 2.75) is 12.8 Å². The van der Waals surface area contributed by atoms with Gasteiger partial charge in [-0.3, -0.25) is 9.78 Å². The molecule has 16 heavy (non-hydrogen) atoms. The Morgan fingerprint density at radius 1 is 1.50 bits per heavy atom. The fourth-order valence-corrected chi connectivity index (χ4v) is 2.13. The maximum absolute atomic E-state index is 11.6. The van der Waals surface area contributed by atoms with Crippen molar-refractivity contribution < 1.29 is 9.53 Å². The van der Waals surface area contributed by atoms with Crippen molar-refractivity contribution in [1.29, 1.82) is 0 Å². The van der Waals surface area contributed by atoms with Crippen LogP contribution in [0.15, 0.2) is 18.3 Å². The standard InChI is InChI=1S/C12H16N2O2/c1-8-3-4-9(5-14-8)10-6-13-7-11(10)12(15)16-2/h3-5,10-11,13H,6-7H2,1-2H3. The molecule has 0 amide bonds. The molecule has 1 aromatic rings. The molecule has 0 spiro atoms. The van der Waals surface area contributed by atoms with Crippen molar-refractivity contribution in [3.8, 4) is 0 Å². The summed E-state index contributed by atoms with van der Waals surface area (Å²) in [6.45, 7) is 3.45. The molecule has 1 aliphatic rings. The zero-order valence-corrected chi connectivity index (χ0v) is 9.56. The monoisotopic (exact) mass is 220 g/mol. The molecular weight excluding hydrogens is 204 g/mol. The molecule has 2 rings (SSSR count). The Kier molecular flexibility index (Phi) is 3.19. The van der Waals surface area contributed by atoms with E-state index >= 15 is 0 Å². The molecule has 0 aliphatic carbocycles. The van der Waals surface area contributed by atoms with E-state index in [9.17, 15) is 4.79 Å². The van der Waals surface area contributed by atoms with Crippen LogP contribution >= 0.6 is 0 Å². The third-order valence-electron chi connectivity index (χ3n) is 3.08. The molecule has 1 fully saturated rings. The lowest BCUT2D eigenvalue weighted by Crippen LogP contribution is -2.23. The minimum Gasteiger partial charge on any atom is -0.469 e. The fourth-order valence-electron chi connectivity index (χ4n) is 2.13. The Labute approximate surface area is 95.0 Å².